The molecule has 0 N–H and O–H groups in total. The zero-order valence-corrected chi connectivity index (χ0v) is 9.49. The van der Waals surface area contributed by atoms with Crippen molar-refractivity contribution in [3.63, 3.8) is 0 Å². The van der Waals surface area contributed by atoms with Crippen molar-refractivity contribution in [3.05, 3.63) is 27.7 Å². The second-order valence-corrected chi connectivity index (χ2v) is 3.90. The predicted octanol–water partition coefficient (Wildman–Crippen LogP) is 3.25. The molecule has 0 amide bonds. The van der Waals surface area contributed by atoms with Crippen LogP contribution in [0.3, 0.4) is 0 Å². The number of ether oxygens (including phenoxy) is 1. The molecule has 0 saturated carbocycles. The number of hydrogen-bond acceptors (Lipinski definition) is 2. The largest absolute Gasteiger partial charge is 0.484 e. The smallest absolute Gasteiger partial charge is 0.259 e. The van der Waals surface area contributed by atoms with E-state index < -0.39 is 5.24 Å². The maximum absolute atomic E-state index is 10.4. The number of benzene rings is 1. The minimum absolute atomic E-state index is 0.143. The van der Waals surface area contributed by atoms with E-state index in [1.807, 2.05) is 0 Å². The molecule has 0 aliphatic heterocycles. The minimum atomic E-state index is -0.536. The lowest BCUT2D eigenvalue weighted by molar-refractivity contribution is -0.113. The van der Waals surface area contributed by atoms with Crippen LogP contribution >= 0.6 is 39.1 Å². The first-order chi connectivity index (χ1) is 6.09. The van der Waals surface area contributed by atoms with Crippen LogP contribution in [0.25, 0.3) is 0 Å². The molecule has 1 aromatic carbocycles. The van der Waals surface area contributed by atoms with Gasteiger partial charge >= 0.3 is 0 Å². The van der Waals surface area contributed by atoms with E-state index >= 15 is 0 Å². The summed E-state index contributed by atoms with van der Waals surface area (Å²) in [5.74, 6) is 0.547. The Kier molecular flexibility index (Phi) is 4.03. The molecule has 2 nitrogen and oxygen atoms in total. The van der Waals surface area contributed by atoms with Crippen molar-refractivity contribution in [1.82, 2.24) is 0 Å². The second kappa shape index (κ2) is 4.84. The van der Waals surface area contributed by atoms with E-state index in [9.17, 15) is 4.79 Å². The fraction of sp³-hybridized carbons (Fsp3) is 0.125. The Morgan fingerprint density at radius 1 is 1.54 bits per heavy atom. The highest BCUT2D eigenvalue weighted by Crippen LogP contribution is 2.26. The van der Waals surface area contributed by atoms with Gasteiger partial charge in [0.05, 0.1) is 5.02 Å². The van der Waals surface area contributed by atoms with Gasteiger partial charge in [-0.3, -0.25) is 4.79 Å². The molecule has 1 rings (SSSR count). The average molecular weight is 284 g/mol. The minimum Gasteiger partial charge on any atom is -0.484 e. The summed E-state index contributed by atoms with van der Waals surface area (Å²) in [6, 6.07) is 4.99. The fourth-order valence-electron chi connectivity index (χ4n) is 0.707. The highest BCUT2D eigenvalue weighted by Gasteiger charge is 2.01. The molecule has 0 atom stereocenters. The van der Waals surface area contributed by atoms with Crippen LogP contribution in [0.2, 0.25) is 5.02 Å². The standard InChI is InChI=1S/C8H5BrCl2O2/c9-6-3-5(1-2-7(6)10)13-4-8(11)12/h1-3H,4H2. The SMILES string of the molecule is O=C(Cl)COc1ccc(Cl)c(Br)c1. The van der Waals surface area contributed by atoms with Crippen molar-refractivity contribution in [1.29, 1.82) is 0 Å². The molecule has 0 unspecified atom stereocenters. The number of hydrogen-bond donors (Lipinski definition) is 0. The molecule has 0 aromatic heterocycles. The van der Waals surface area contributed by atoms with Crippen molar-refractivity contribution >= 4 is 44.4 Å². The number of carbonyl (C=O) groups is 1. The zero-order chi connectivity index (χ0) is 9.84. The lowest BCUT2D eigenvalue weighted by Crippen LogP contribution is -2.04. The van der Waals surface area contributed by atoms with Gasteiger partial charge in [0.15, 0.2) is 6.61 Å². The van der Waals surface area contributed by atoms with Gasteiger partial charge in [0.1, 0.15) is 5.75 Å². The molecule has 0 heterocycles. The Balaban J connectivity index is 2.68. The lowest BCUT2D eigenvalue weighted by atomic mass is 10.3. The van der Waals surface area contributed by atoms with Gasteiger partial charge in [0.2, 0.25) is 0 Å². The summed E-state index contributed by atoms with van der Waals surface area (Å²) < 4.78 is 5.75. The molecular weight excluding hydrogens is 279 g/mol. The van der Waals surface area contributed by atoms with Crippen molar-refractivity contribution < 1.29 is 9.53 Å². The van der Waals surface area contributed by atoms with Crippen LogP contribution in [0.4, 0.5) is 0 Å². The molecule has 1 aromatic rings. The maximum atomic E-state index is 10.4. The van der Waals surface area contributed by atoms with Crippen LogP contribution < -0.4 is 4.74 Å². The third-order valence-corrected chi connectivity index (χ3v) is 2.57. The fourth-order valence-corrected chi connectivity index (χ4v) is 1.24. The van der Waals surface area contributed by atoms with E-state index in [4.69, 9.17) is 27.9 Å². The van der Waals surface area contributed by atoms with Gasteiger partial charge < -0.3 is 4.74 Å². The summed E-state index contributed by atoms with van der Waals surface area (Å²) in [5.41, 5.74) is 0. The van der Waals surface area contributed by atoms with E-state index in [0.717, 1.165) is 0 Å². The Morgan fingerprint density at radius 3 is 2.77 bits per heavy atom. The maximum Gasteiger partial charge on any atom is 0.259 e. The van der Waals surface area contributed by atoms with E-state index in [1.165, 1.54) is 0 Å². The van der Waals surface area contributed by atoms with E-state index in [-0.39, 0.29) is 6.61 Å². The molecular formula is C8H5BrCl2O2. The van der Waals surface area contributed by atoms with Gasteiger partial charge in [-0.15, -0.1) is 0 Å². The summed E-state index contributed by atoms with van der Waals surface area (Å²) >= 11 is 14.1. The number of halogens is 3. The molecule has 0 aliphatic rings. The molecule has 70 valence electrons. The normalized spacial score (nSPS) is 9.77. The summed E-state index contributed by atoms with van der Waals surface area (Å²) in [5, 5.41) is 0.0515. The van der Waals surface area contributed by atoms with E-state index in [0.29, 0.717) is 15.2 Å². The number of rotatable bonds is 3. The van der Waals surface area contributed by atoms with Crippen molar-refractivity contribution in [3.8, 4) is 5.75 Å². The van der Waals surface area contributed by atoms with Crippen LogP contribution in [-0.4, -0.2) is 11.8 Å². The van der Waals surface area contributed by atoms with Crippen LogP contribution in [0, 0.1) is 0 Å². The molecule has 0 radical (unpaired) electrons. The topological polar surface area (TPSA) is 26.3 Å². The van der Waals surface area contributed by atoms with Crippen LogP contribution in [0.1, 0.15) is 0 Å². The van der Waals surface area contributed by atoms with Crippen molar-refractivity contribution in [2.45, 2.75) is 0 Å². The monoisotopic (exact) mass is 282 g/mol. The molecule has 0 spiro atoms. The summed E-state index contributed by atoms with van der Waals surface area (Å²) in [6.07, 6.45) is 0. The van der Waals surface area contributed by atoms with Crippen molar-refractivity contribution in [2.24, 2.45) is 0 Å². The lowest BCUT2D eigenvalue weighted by Gasteiger charge is -2.03. The molecule has 0 bridgehead atoms. The third kappa shape index (κ3) is 3.55. The molecule has 13 heavy (non-hydrogen) atoms. The van der Waals surface area contributed by atoms with Gasteiger partial charge in [0, 0.05) is 4.47 Å². The van der Waals surface area contributed by atoms with Gasteiger partial charge in [-0.1, -0.05) is 11.6 Å². The van der Waals surface area contributed by atoms with Crippen LogP contribution in [-0.2, 0) is 4.79 Å². The molecule has 5 heteroatoms. The zero-order valence-electron chi connectivity index (χ0n) is 6.39. The third-order valence-electron chi connectivity index (χ3n) is 1.24. The first-order valence-electron chi connectivity index (χ1n) is 3.36. The second-order valence-electron chi connectivity index (χ2n) is 2.22. The quantitative estimate of drug-likeness (QED) is 0.796. The molecule has 0 aliphatic carbocycles. The van der Waals surface area contributed by atoms with Crippen LogP contribution in [0.15, 0.2) is 22.7 Å². The first-order valence-corrected chi connectivity index (χ1v) is 4.90. The highest BCUT2D eigenvalue weighted by molar-refractivity contribution is 9.10. The number of carbonyl (C=O) groups excluding carboxylic acids is 1. The van der Waals surface area contributed by atoms with E-state index in [1.54, 1.807) is 18.2 Å². The van der Waals surface area contributed by atoms with Gasteiger partial charge in [-0.25, -0.2) is 0 Å². The Hall–Kier alpha value is -0.250. The summed E-state index contributed by atoms with van der Waals surface area (Å²) in [7, 11) is 0. The Bertz CT molecular complexity index is 328. The van der Waals surface area contributed by atoms with Crippen molar-refractivity contribution in [2.75, 3.05) is 6.61 Å². The highest BCUT2D eigenvalue weighted by atomic mass is 79.9. The van der Waals surface area contributed by atoms with Gasteiger partial charge in [-0.2, -0.15) is 0 Å². The summed E-state index contributed by atoms with van der Waals surface area (Å²) in [4.78, 5) is 10.4. The summed E-state index contributed by atoms with van der Waals surface area (Å²) in [6.45, 7) is -0.143. The molecule has 0 fully saturated rings. The van der Waals surface area contributed by atoms with Crippen LogP contribution in [0.5, 0.6) is 5.75 Å². The molecule has 0 saturated heterocycles. The van der Waals surface area contributed by atoms with Gasteiger partial charge in [0.25, 0.3) is 5.24 Å². The Morgan fingerprint density at radius 2 is 2.23 bits per heavy atom. The Labute approximate surface area is 93.9 Å². The van der Waals surface area contributed by atoms with Gasteiger partial charge in [-0.05, 0) is 45.7 Å². The first kappa shape index (κ1) is 10.8. The predicted molar refractivity (Wildman–Crippen MR) is 55.5 cm³/mol. The van der Waals surface area contributed by atoms with E-state index in [2.05, 4.69) is 15.9 Å². The average Bonchev–Trinajstić information content (AvgIpc) is 2.07.